The number of hydrogen-bond donors (Lipinski definition) is 0. The van der Waals surface area contributed by atoms with E-state index in [-0.39, 0.29) is 0 Å². The van der Waals surface area contributed by atoms with Crippen LogP contribution in [0.2, 0.25) is 0 Å². The molecule has 6 aromatic rings. The molecule has 0 aliphatic heterocycles. The number of furan rings is 1. The molecule has 0 saturated carbocycles. The molecule has 3 aromatic carbocycles. The number of rotatable bonds is 3. The minimum atomic E-state index is -0.698. The van der Waals surface area contributed by atoms with Crippen molar-refractivity contribution in [3.63, 3.8) is 0 Å². The van der Waals surface area contributed by atoms with E-state index in [1.165, 1.54) is 0 Å². The molecule has 0 N–H and O–H groups in total. The van der Waals surface area contributed by atoms with Crippen molar-refractivity contribution in [1.29, 1.82) is 0 Å². The van der Waals surface area contributed by atoms with Crippen molar-refractivity contribution in [2.45, 2.75) is 19.7 Å². The highest BCUT2D eigenvalue weighted by atomic mass is 16.3. The number of hydrogen-bond acceptors (Lipinski definition) is 4. The van der Waals surface area contributed by atoms with Gasteiger partial charge in [0.05, 0.1) is 11.8 Å². The summed E-state index contributed by atoms with van der Waals surface area (Å²) in [7, 11) is 0. The van der Waals surface area contributed by atoms with Crippen LogP contribution in [0.3, 0.4) is 0 Å². The van der Waals surface area contributed by atoms with E-state index in [1.54, 1.807) is 12.5 Å². The molecule has 0 radical (unpaired) electrons. The van der Waals surface area contributed by atoms with Gasteiger partial charge in [0.25, 0.3) is 0 Å². The molecule has 0 atom stereocenters. The Bertz CT molecular complexity index is 1610. The van der Waals surface area contributed by atoms with Gasteiger partial charge in [0.2, 0.25) is 0 Å². The third-order valence-electron chi connectivity index (χ3n) is 5.65. The Morgan fingerprint density at radius 2 is 1.84 bits per heavy atom. The zero-order chi connectivity index (χ0) is 21.9. The Labute approximate surface area is 180 Å². The molecule has 5 nitrogen and oxygen atoms in total. The summed E-state index contributed by atoms with van der Waals surface area (Å²) in [6.45, 7) is 3.76. The molecule has 0 aliphatic rings. The first-order valence-electron chi connectivity index (χ1n) is 10.7. The van der Waals surface area contributed by atoms with Gasteiger partial charge in [-0.05, 0) is 35.7 Å². The third kappa shape index (κ3) is 2.74. The van der Waals surface area contributed by atoms with Gasteiger partial charge in [-0.25, -0.2) is 15.0 Å². The van der Waals surface area contributed by atoms with Gasteiger partial charge in [-0.2, -0.15) is 0 Å². The van der Waals surface area contributed by atoms with E-state index >= 15 is 0 Å². The fourth-order valence-corrected chi connectivity index (χ4v) is 4.12. The van der Waals surface area contributed by atoms with Gasteiger partial charge in [0.15, 0.2) is 11.5 Å². The van der Waals surface area contributed by atoms with Gasteiger partial charge in [-0.3, -0.25) is 4.57 Å². The van der Waals surface area contributed by atoms with Crippen LogP contribution < -0.4 is 0 Å². The highest BCUT2D eigenvalue weighted by Gasteiger charge is 2.20. The summed E-state index contributed by atoms with van der Waals surface area (Å²) >= 11 is 0. The Morgan fingerprint density at radius 3 is 2.68 bits per heavy atom. The summed E-state index contributed by atoms with van der Waals surface area (Å²) < 4.78 is 16.8. The fraction of sp³-hybridized carbons (Fsp3) is 0.115. The molecule has 6 rings (SSSR count). The lowest BCUT2D eigenvalue weighted by molar-refractivity contribution is 0.667. The maximum atomic E-state index is 8.38. The van der Waals surface area contributed by atoms with Gasteiger partial charge < -0.3 is 4.42 Å². The highest BCUT2D eigenvalue weighted by Crippen LogP contribution is 2.38. The molecule has 0 spiro atoms. The summed E-state index contributed by atoms with van der Waals surface area (Å²) in [4.78, 5) is 13.5. The van der Waals surface area contributed by atoms with E-state index in [1.807, 2.05) is 79.1 Å². The van der Waals surface area contributed by atoms with Crippen LogP contribution in [0.4, 0.5) is 0 Å². The SMILES string of the molecule is [2H]C(C)(C)c1ccc2c(c1)oc1c(-c3nc4cncnc4n3-c3ccccc3)cccc12. The van der Waals surface area contributed by atoms with E-state index in [9.17, 15) is 0 Å². The minimum absolute atomic E-state index is 0.698. The van der Waals surface area contributed by atoms with Crippen LogP contribution >= 0.6 is 0 Å². The zero-order valence-electron chi connectivity index (χ0n) is 18.2. The van der Waals surface area contributed by atoms with Crippen molar-refractivity contribution < 1.29 is 5.79 Å². The number of imidazole rings is 1. The Hall–Kier alpha value is -3.99. The molecule has 0 amide bonds. The van der Waals surface area contributed by atoms with E-state index in [0.29, 0.717) is 0 Å². The first-order chi connectivity index (χ1) is 15.5. The van der Waals surface area contributed by atoms with Crippen molar-refractivity contribution in [2.24, 2.45) is 0 Å². The number of nitrogens with zero attached hydrogens (tertiary/aromatic N) is 4. The molecular weight excluding hydrogens is 384 g/mol. The van der Waals surface area contributed by atoms with Crippen LogP contribution in [-0.4, -0.2) is 19.5 Å². The van der Waals surface area contributed by atoms with Crippen LogP contribution in [0.15, 0.2) is 83.7 Å². The second-order valence-corrected chi connectivity index (χ2v) is 7.83. The smallest absolute Gasteiger partial charge is 0.168 e. The largest absolute Gasteiger partial charge is 0.455 e. The molecule has 0 bridgehead atoms. The number of para-hydroxylation sites is 2. The highest BCUT2D eigenvalue weighted by molar-refractivity contribution is 6.09. The van der Waals surface area contributed by atoms with Crippen molar-refractivity contribution in [3.05, 3.63) is 84.8 Å². The van der Waals surface area contributed by atoms with Crippen LogP contribution in [0, 0.1) is 0 Å². The van der Waals surface area contributed by atoms with E-state index in [4.69, 9.17) is 10.8 Å². The summed E-state index contributed by atoms with van der Waals surface area (Å²) in [5.41, 5.74) is 5.76. The minimum Gasteiger partial charge on any atom is -0.455 e. The monoisotopic (exact) mass is 405 g/mol. The predicted octanol–water partition coefficient (Wildman–Crippen LogP) is 6.51. The predicted molar refractivity (Wildman–Crippen MR) is 123 cm³/mol. The maximum Gasteiger partial charge on any atom is 0.168 e. The molecule has 0 unspecified atom stereocenters. The lowest BCUT2D eigenvalue weighted by atomic mass is 10.0. The molecule has 0 fully saturated rings. The van der Waals surface area contributed by atoms with Crippen LogP contribution in [0.25, 0.3) is 50.2 Å². The Kier molecular flexibility index (Phi) is 3.66. The van der Waals surface area contributed by atoms with Crippen molar-refractivity contribution in [2.75, 3.05) is 0 Å². The second kappa shape index (κ2) is 6.77. The zero-order valence-corrected chi connectivity index (χ0v) is 17.2. The molecule has 5 heteroatoms. The number of benzene rings is 3. The molecule has 3 heterocycles. The van der Waals surface area contributed by atoms with E-state index < -0.39 is 5.89 Å². The first kappa shape index (κ1) is 16.8. The van der Waals surface area contributed by atoms with Crippen molar-refractivity contribution in [3.8, 4) is 17.1 Å². The first-order valence-corrected chi connectivity index (χ1v) is 10.2. The molecule has 0 saturated heterocycles. The summed E-state index contributed by atoms with van der Waals surface area (Å²) in [5.74, 6) is 0.0491. The molecule has 150 valence electrons. The van der Waals surface area contributed by atoms with E-state index in [0.717, 1.165) is 55.7 Å². The molecule has 31 heavy (non-hydrogen) atoms. The summed E-state index contributed by atoms with van der Waals surface area (Å²) in [6.07, 6.45) is 3.27. The summed E-state index contributed by atoms with van der Waals surface area (Å²) in [5, 5.41) is 2.04. The normalized spacial score (nSPS) is 12.6. The average molecular weight is 405 g/mol. The standard InChI is InChI=1S/C26H20N4O/c1-16(2)17-11-12-19-20-9-6-10-21(24(20)31-23(19)13-17)25-29-22-14-27-15-28-26(22)30(25)18-7-4-3-5-8-18/h3-16H,1-2H3/i16D. The third-order valence-corrected chi connectivity index (χ3v) is 5.65. The Morgan fingerprint density at radius 1 is 0.968 bits per heavy atom. The lowest BCUT2D eigenvalue weighted by Gasteiger charge is -2.09. The van der Waals surface area contributed by atoms with E-state index in [2.05, 4.69) is 16.0 Å². The number of aromatic nitrogens is 4. The molecular formula is C26H20N4O. The molecule has 3 aromatic heterocycles. The lowest BCUT2D eigenvalue weighted by Crippen LogP contribution is -1.98. The van der Waals surface area contributed by atoms with Crippen LogP contribution in [-0.2, 0) is 0 Å². The van der Waals surface area contributed by atoms with Gasteiger partial charge in [0.1, 0.15) is 23.0 Å². The second-order valence-electron chi connectivity index (χ2n) is 7.83. The Balaban J connectivity index is 1.67. The molecule has 0 aliphatic carbocycles. The topological polar surface area (TPSA) is 56.7 Å². The summed E-state index contributed by atoms with van der Waals surface area (Å²) in [6, 6.07) is 22.2. The van der Waals surface area contributed by atoms with Gasteiger partial charge in [-0.1, -0.05) is 56.3 Å². The van der Waals surface area contributed by atoms with Crippen molar-refractivity contribution >= 4 is 33.1 Å². The van der Waals surface area contributed by atoms with Gasteiger partial charge in [-0.15, -0.1) is 0 Å². The van der Waals surface area contributed by atoms with Crippen LogP contribution in [0.1, 0.15) is 26.7 Å². The van der Waals surface area contributed by atoms with Gasteiger partial charge in [0, 0.05) is 17.8 Å². The van der Waals surface area contributed by atoms with Gasteiger partial charge >= 0.3 is 0 Å². The quantitative estimate of drug-likeness (QED) is 0.337. The van der Waals surface area contributed by atoms with Crippen LogP contribution in [0.5, 0.6) is 0 Å². The average Bonchev–Trinajstić information content (AvgIpc) is 3.37. The fourth-order valence-electron chi connectivity index (χ4n) is 4.12. The number of fused-ring (bicyclic) bond motifs is 4. The van der Waals surface area contributed by atoms with Crippen molar-refractivity contribution in [1.82, 2.24) is 19.5 Å². The maximum absolute atomic E-state index is 8.38.